The molecule has 2 N–H and O–H groups in total. The van der Waals surface area contributed by atoms with Crippen LogP contribution in [-0.2, 0) is 6.42 Å². The van der Waals surface area contributed by atoms with E-state index in [9.17, 15) is 0 Å². The van der Waals surface area contributed by atoms with Gasteiger partial charge >= 0.3 is 0 Å². The number of hydrogen-bond acceptors (Lipinski definition) is 2. The van der Waals surface area contributed by atoms with Crippen LogP contribution >= 0.6 is 0 Å². The highest BCUT2D eigenvalue weighted by molar-refractivity contribution is 5.14. The number of nitrogens with one attached hydrogen (secondary N) is 1. The maximum absolute atomic E-state index is 8.90. The quantitative estimate of drug-likeness (QED) is 0.693. The molecule has 0 saturated heterocycles. The van der Waals surface area contributed by atoms with E-state index in [1.807, 2.05) is 6.07 Å². The molecule has 0 fully saturated rings. The van der Waals surface area contributed by atoms with Gasteiger partial charge in [-0.05, 0) is 45.2 Å². The van der Waals surface area contributed by atoms with Crippen LogP contribution in [0.3, 0.4) is 0 Å². The van der Waals surface area contributed by atoms with Gasteiger partial charge in [-0.3, -0.25) is 0 Å². The molecule has 2 heteroatoms. The fraction of sp³-hybridized carbons (Fsp3) is 0.571. The van der Waals surface area contributed by atoms with Crippen LogP contribution in [-0.4, -0.2) is 23.8 Å². The SMILES string of the molecule is CC(C)(CCO)NCCCc1ccccc1. The first-order valence-corrected chi connectivity index (χ1v) is 6.04. The lowest BCUT2D eigenvalue weighted by atomic mass is 10.0. The summed E-state index contributed by atoms with van der Waals surface area (Å²) in [4.78, 5) is 0. The molecule has 0 amide bonds. The predicted molar refractivity (Wildman–Crippen MR) is 68.5 cm³/mol. The number of aliphatic hydroxyl groups excluding tert-OH is 1. The minimum absolute atomic E-state index is 0.0471. The molecular weight excluding hydrogens is 198 g/mol. The van der Waals surface area contributed by atoms with Gasteiger partial charge in [0.25, 0.3) is 0 Å². The lowest BCUT2D eigenvalue weighted by Gasteiger charge is -2.25. The summed E-state index contributed by atoms with van der Waals surface area (Å²) in [5.74, 6) is 0. The van der Waals surface area contributed by atoms with Crippen LogP contribution in [0.15, 0.2) is 30.3 Å². The smallest absolute Gasteiger partial charge is 0.0448 e. The summed E-state index contributed by atoms with van der Waals surface area (Å²) in [6.07, 6.45) is 3.06. The maximum atomic E-state index is 8.90. The fourth-order valence-corrected chi connectivity index (χ4v) is 1.73. The fourth-order valence-electron chi connectivity index (χ4n) is 1.73. The van der Waals surface area contributed by atoms with Crippen molar-refractivity contribution < 1.29 is 5.11 Å². The first-order valence-electron chi connectivity index (χ1n) is 6.04. The zero-order valence-corrected chi connectivity index (χ0v) is 10.4. The van der Waals surface area contributed by atoms with Crippen molar-refractivity contribution in [2.24, 2.45) is 0 Å². The highest BCUT2D eigenvalue weighted by Crippen LogP contribution is 2.08. The Labute approximate surface area is 98.7 Å². The standard InChI is InChI=1S/C14H23NO/c1-14(2,10-12-16)15-11-6-9-13-7-4-3-5-8-13/h3-5,7-8,15-16H,6,9-12H2,1-2H3. The molecular formula is C14H23NO. The monoisotopic (exact) mass is 221 g/mol. The second-order valence-corrected chi connectivity index (χ2v) is 4.87. The van der Waals surface area contributed by atoms with Gasteiger partial charge in [0.15, 0.2) is 0 Å². The number of rotatable bonds is 7. The van der Waals surface area contributed by atoms with Crippen molar-refractivity contribution >= 4 is 0 Å². The molecule has 0 saturated carbocycles. The third kappa shape index (κ3) is 5.29. The van der Waals surface area contributed by atoms with Crippen molar-refractivity contribution in [1.82, 2.24) is 5.32 Å². The highest BCUT2D eigenvalue weighted by Gasteiger charge is 2.14. The molecule has 1 rings (SSSR count). The summed E-state index contributed by atoms with van der Waals surface area (Å²) < 4.78 is 0. The molecule has 90 valence electrons. The summed E-state index contributed by atoms with van der Waals surface area (Å²) in [6.45, 7) is 5.51. The van der Waals surface area contributed by atoms with E-state index in [1.165, 1.54) is 5.56 Å². The summed E-state index contributed by atoms with van der Waals surface area (Å²) in [7, 11) is 0. The minimum atomic E-state index is 0.0471. The van der Waals surface area contributed by atoms with Crippen molar-refractivity contribution in [2.75, 3.05) is 13.2 Å². The topological polar surface area (TPSA) is 32.3 Å². The van der Waals surface area contributed by atoms with Gasteiger partial charge in [0, 0.05) is 12.1 Å². The van der Waals surface area contributed by atoms with E-state index in [-0.39, 0.29) is 12.1 Å². The third-order valence-electron chi connectivity index (χ3n) is 2.83. The zero-order chi connectivity index (χ0) is 11.9. The summed E-state index contributed by atoms with van der Waals surface area (Å²) in [5, 5.41) is 12.4. The van der Waals surface area contributed by atoms with E-state index in [2.05, 4.69) is 43.4 Å². The van der Waals surface area contributed by atoms with Gasteiger partial charge in [0.1, 0.15) is 0 Å². The number of benzene rings is 1. The highest BCUT2D eigenvalue weighted by atomic mass is 16.3. The second kappa shape index (κ2) is 6.66. The van der Waals surface area contributed by atoms with E-state index in [0.29, 0.717) is 0 Å². The van der Waals surface area contributed by atoms with Crippen molar-refractivity contribution in [3.63, 3.8) is 0 Å². The largest absolute Gasteiger partial charge is 0.396 e. The Balaban J connectivity index is 2.17. The molecule has 0 aliphatic carbocycles. The van der Waals surface area contributed by atoms with Crippen molar-refractivity contribution in [1.29, 1.82) is 0 Å². The lowest BCUT2D eigenvalue weighted by molar-refractivity contribution is 0.231. The Morgan fingerprint density at radius 2 is 1.88 bits per heavy atom. The molecule has 1 aromatic rings. The zero-order valence-electron chi connectivity index (χ0n) is 10.4. The van der Waals surface area contributed by atoms with Gasteiger partial charge in [-0.15, -0.1) is 0 Å². The molecule has 0 bridgehead atoms. The van der Waals surface area contributed by atoms with Crippen LogP contribution in [0.4, 0.5) is 0 Å². The number of aryl methyl sites for hydroxylation is 1. The van der Waals surface area contributed by atoms with Crippen LogP contribution in [0, 0.1) is 0 Å². The molecule has 0 spiro atoms. The van der Waals surface area contributed by atoms with Gasteiger partial charge in [-0.2, -0.15) is 0 Å². The molecule has 0 aliphatic heterocycles. The molecule has 1 aromatic carbocycles. The Morgan fingerprint density at radius 1 is 1.19 bits per heavy atom. The van der Waals surface area contributed by atoms with Crippen LogP contribution in [0.5, 0.6) is 0 Å². The molecule has 0 atom stereocenters. The van der Waals surface area contributed by atoms with E-state index in [4.69, 9.17) is 5.11 Å². The molecule has 0 aromatic heterocycles. The Hall–Kier alpha value is -0.860. The van der Waals surface area contributed by atoms with Gasteiger partial charge in [0.2, 0.25) is 0 Å². The van der Waals surface area contributed by atoms with Crippen LogP contribution < -0.4 is 5.32 Å². The van der Waals surface area contributed by atoms with Crippen molar-refractivity contribution in [3.8, 4) is 0 Å². The second-order valence-electron chi connectivity index (χ2n) is 4.87. The summed E-state index contributed by atoms with van der Waals surface area (Å²) in [6, 6.07) is 10.5. The average molecular weight is 221 g/mol. The molecule has 0 aliphatic rings. The molecule has 0 radical (unpaired) electrons. The van der Waals surface area contributed by atoms with Gasteiger partial charge in [-0.25, -0.2) is 0 Å². The number of aliphatic hydroxyl groups is 1. The van der Waals surface area contributed by atoms with Crippen LogP contribution in [0.2, 0.25) is 0 Å². The van der Waals surface area contributed by atoms with Crippen molar-refractivity contribution in [2.45, 2.75) is 38.6 Å². The van der Waals surface area contributed by atoms with E-state index >= 15 is 0 Å². The van der Waals surface area contributed by atoms with E-state index in [1.54, 1.807) is 0 Å². The average Bonchev–Trinajstić information content (AvgIpc) is 2.26. The first-order chi connectivity index (χ1) is 7.64. The van der Waals surface area contributed by atoms with Gasteiger partial charge in [-0.1, -0.05) is 30.3 Å². The number of hydrogen-bond donors (Lipinski definition) is 2. The van der Waals surface area contributed by atoms with Gasteiger partial charge < -0.3 is 10.4 Å². The molecule has 2 nitrogen and oxygen atoms in total. The molecule has 16 heavy (non-hydrogen) atoms. The first kappa shape index (κ1) is 13.2. The molecule has 0 heterocycles. The molecule has 0 unspecified atom stereocenters. The van der Waals surface area contributed by atoms with Crippen LogP contribution in [0.1, 0.15) is 32.3 Å². The summed E-state index contributed by atoms with van der Waals surface area (Å²) >= 11 is 0. The Bertz CT molecular complexity index is 282. The van der Waals surface area contributed by atoms with Crippen molar-refractivity contribution in [3.05, 3.63) is 35.9 Å². The Kier molecular flexibility index (Phi) is 5.50. The maximum Gasteiger partial charge on any atom is 0.0448 e. The van der Waals surface area contributed by atoms with E-state index < -0.39 is 0 Å². The van der Waals surface area contributed by atoms with Crippen LogP contribution in [0.25, 0.3) is 0 Å². The predicted octanol–water partition coefficient (Wildman–Crippen LogP) is 2.37. The van der Waals surface area contributed by atoms with Gasteiger partial charge in [0.05, 0.1) is 0 Å². The summed E-state index contributed by atoms with van der Waals surface area (Å²) in [5.41, 5.74) is 1.44. The van der Waals surface area contributed by atoms with E-state index in [0.717, 1.165) is 25.8 Å². The normalized spacial score (nSPS) is 11.7. The lowest BCUT2D eigenvalue weighted by Crippen LogP contribution is -2.40. The third-order valence-corrected chi connectivity index (χ3v) is 2.83. The minimum Gasteiger partial charge on any atom is -0.396 e. The Morgan fingerprint density at radius 3 is 2.50 bits per heavy atom.